The van der Waals surface area contributed by atoms with E-state index < -0.39 is 0 Å². The molecule has 2 heterocycles. The van der Waals surface area contributed by atoms with E-state index in [2.05, 4.69) is 20.4 Å². The number of hydrogen-bond acceptors (Lipinski definition) is 5. The lowest BCUT2D eigenvalue weighted by Crippen LogP contribution is -2.22. The number of anilines is 1. The minimum absolute atomic E-state index is 0.145. The van der Waals surface area contributed by atoms with Crippen LogP contribution in [0.5, 0.6) is 0 Å². The molecular formula is C14H14N4O2S. The number of aryl methyl sites for hydroxylation is 1. The Morgan fingerprint density at radius 3 is 2.95 bits per heavy atom. The molecule has 1 amide bonds. The maximum absolute atomic E-state index is 12.1. The summed E-state index contributed by atoms with van der Waals surface area (Å²) in [7, 11) is 0. The highest BCUT2D eigenvalue weighted by atomic mass is 32.2. The van der Waals surface area contributed by atoms with Crippen LogP contribution in [-0.2, 0) is 4.79 Å². The standard InChI is InChI=1S/C14H14N4O2S/c1-8-7-12(18-20-8)17-13(19)9(2)21-14-15-10-5-3-4-6-11(10)16-14/h3-7,9H,1-2H3,(H,15,16)(H,17,18,19). The van der Waals surface area contributed by atoms with Crippen LogP contribution >= 0.6 is 11.8 Å². The summed E-state index contributed by atoms with van der Waals surface area (Å²) >= 11 is 1.37. The Kier molecular flexibility index (Phi) is 3.66. The number of thioether (sulfide) groups is 1. The van der Waals surface area contributed by atoms with E-state index in [1.54, 1.807) is 13.0 Å². The first-order valence-corrected chi connectivity index (χ1v) is 7.35. The number of para-hydroxylation sites is 2. The number of nitrogens with zero attached hydrogens (tertiary/aromatic N) is 2. The molecule has 21 heavy (non-hydrogen) atoms. The number of carbonyl (C=O) groups is 1. The second-order valence-electron chi connectivity index (χ2n) is 4.63. The van der Waals surface area contributed by atoms with Crippen molar-refractivity contribution in [3.63, 3.8) is 0 Å². The molecule has 2 aromatic heterocycles. The van der Waals surface area contributed by atoms with Gasteiger partial charge in [0.15, 0.2) is 11.0 Å². The number of amides is 1. The predicted molar refractivity (Wildman–Crippen MR) is 81.3 cm³/mol. The van der Waals surface area contributed by atoms with Crippen molar-refractivity contribution in [1.82, 2.24) is 15.1 Å². The van der Waals surface area contributed by atoms with Crippen LogP contribution in [0.25, 0.3) is 11.0 Å². The van der Waals surface area contributed by atoms with Gasteiger partial charge < -0.3 is 14.8 Å². The van der Waals surface area contributed by atoms with Crippen molar-refractivity contribution >= 4 is 34.5 Å². The molecule has 0 saturated carbocycles. The fourth-order valence-corrected chi connectivity index (χ4v) is 2.68. The van der Waals surface area contributed by atoms with Crippen molar-refractivity contribution in [3.8, 4) is 0 Å². The number of aromatic amines is 1. The minimum atomic E-state index is -0.303. The fourth-order valence-electron chi connectivity index (χ4n) is 1.86. The van der Waals surface area contributed by atoms with Gasteiger partial charge >= 0.3 is 0 Å². The number of aromatic nitrogens is 3. The maximum atomic E-state index is 12.1. The molecule has 0 aliphatic rings. The first-order valence-electron chi connectivity index (χ1n) is 6.47. The van der Waals surface area contributed by atoms with Gasteiger partial charge in [-0.3, -0.25) is 4.79 Å². The number of imidazole rings is 1. The molecule has 0 aliphatic heterocycles. The molecule has 0 bridgehead atoms. The van der Waals surface area contributed by atoms with Crippen LogP contribution in [-0.4, -0.2) is 26.3 Å². The molecule has 0 saturated heterocycles. The van der Waals surface area contributed by atoms with Gasteiger partial charge in [-0.2, -0.15) is 0 Å². The van der Waals surface area contributed by atoms with E-state index >= 15 is 0 Å². The summed E-state index contributed by atoms with van der Waals surface area (Å²) in [5, 5.41) is 6.87. The zero-order valence-electron chi connectivity index (χ0n) is 11.6. The smallest absolute Gasteiger partial charge is 0.238 e. The lowest BCUT2D eigenvalue weighted by molar-refractivity contribution is -0.115. The largest absolute Gasteiger partial charge is 0.360 e. The van der Waals surface area contributed by atoms with Gasteiger partial charge in [0, 0.05) is 6.07 Å². The molecule has 0 fully saturated rings. The quantitative estimate of drug-likeness (QED) is 0.724. The number of nitrogens with one attached hydrogen (secondary N) is 2. The van der Waals surface area contributed by atoms with Crippen molar-refractivity contribution in [2.45, 2.75) is 24.3 Å². The van der Waals surface area contributed by atoms with Gasteiger partial charge in [0.2, 0.25) is 5.91 Å². The lowest BCUT2D eigenvalue weighted by atomic mass is 10.3. The van der Waals surface area contributed by atoms with Crippen molar-refractivity contribution in [2.75, 3.05) is 5.32 Å². The van der Waals surface area contributed by atoms with E-state index in [0.717, 1.165) is 16.2 Å². The van der Waals surface area contributed by atoms with E-state index in [4.69, 9.17) is 4.52 Å². The third-order valence-electron chi connectivity index (χ3n) is 2.90. The van der Waals surface area contributed by atoms with Gasteiger partial charge in [-0.05, 0) is 26.0 Å². The van der Waals surface area contributed by atoms with E-state index in [1.807, 2.05) is 31.2 Å². The van der Waals surface area contributed by atoms with Crippen LogP contribution in [0, 0.1) is 6.92 Å². The van der Waals surface area contributed by atoms with Crippen LogP contribution in [0.15, 0.2) is 40.0 Å². The number of H-pyrrole nitrogens is 1. The number of rotatable bonds is 4. The molecular weight excluding hydrogens is 288 g/mol. The van der Waals surface area contributed by atoms with E-state index in [0.29, 0.717) is 11.6 Å². The van der Waals surface area contributed by atoms with Gasteiger partial charge in [-0.15, -0.1) is 0 Å². The predicted octanol–water partition coefficient (Wildman–Crippen LogP) is 2.98. The van der Waals surface area contributed by atoms with Gasteiger partial charge in [0.25, 0.3) is 0 Å². The number of carbonyl (C=O) groups excluding carboxylic acids is 1. The van der Waals surface area contributed by atoms with Crippen LogP contribution in [0.3, 0.4) is 0 Å². The molecule has 1 atom stereocenters. The molecule has 2 N–H and O–H groups in total. The van der Waals surface area contributed by atoms with Crippen molar-refractivity contribution in [1.29, 1.82) is 0 Å². The molecule has 0 spiro atoms. The second kappa shape index (κ2) is 5.61. The summed E-state index contributed by atoms with van der Waals surface area (Å²) < 4.78 is 4.91. The van der Waals surface area contributed by atoms with Crippen molar-refractivity contribution < 1.29 is 9.32 Å². The summed E-state index contributed by atoms with van der Waals surface area (Å²) in [6.45, 7) is 3.59. The SMILES string of the molecule is Cc1cc(NC(=O)C(C)Sc2nc3ccccc3[nH]2)no1. The molecule has 1 unspecified atom stereocenters. The van der Waals surface area contributed by atoms with Gasteiger partial charge in [-0.1, -0.05) is 29.1 Å². The third-order valence-corrected chi connectivity index (χ3v) is 3.89. The van der Waals surface area contributed by atoms with Gasteiger partial charge in [0.1, 0.15) is 5.76 Å². The number of benzene rings is 1. The Bertz CT molecular complexity index is 747. The first-order chi connectivity index (χ1) is 10.1. The second-order valence-corrected chi connectivity index (χ2v) is 5.96. The van der Waals surface area contributed by atoms with Gasteiger partial charge in [-0.25, -0.2) is 4.98 Å². The van der Waals surface area contributed by atoms with Crippen LogP contribution in [0.1, 0.15) is 12.7 Å². The van der Waals surface area contributed by atoms with E-state index in [1.165, 1.54) is 11.8 Å². The molecule has 1 aromatic carbocycles. The number of hydrogen-bond donors (Lipinski definition) is 2. The Balaban J connectivity index is 1.67. The highest BCUT2D eigenvalue weighted by Gasteiger charge is 2.17. The Labute approximate surface area is 125 Å². The Morgan fingerprint density at radius 2 is 2.24 bits per heavy atom. The zero-order chi connectivity index (χ0) is 14.8. The number of fused-ring (bicyclic) bond motifs is 1. The summed E-state index contributed by atoms with van der Waals surface area (Å²) in [5.41, 5.74) is 1.85. The highest BCUT2D eigenvalue weighted by molar-refractivity contribution is 8.00. The molecule has 6 nitrogen and oxygen atoms in total. The minimum Gasteiger partial charge on any atom is -0.360 e. The zero-order valence-corrected chi connectivity index (χ0v) is 12.4. The van der Waals surface area contributed by atoms with Crippen LogP contribution < -0.4 is 5.32 Å². The monoisotopic (exact) mass is 302 g/mol. The summed E-state index contributed by atoms with van der Waals surface area (Å²) in [6, 6.07) is 9.43. The maximum Gasteiger partial charge on any atom is 0.238 e. The average Bonchev–Trinajstić information content (AvgIpc) is 3.04. The molecule has 3 aromatic rings. The highest BCUT2D eigenvalue weighted by Crippen LogP contribution is 2.24. The normalized spacial score (nSPS) is 12.5. The Hall–Kier alpha value is -2.28. The first kappa shape index (κ1) is 13.7. The molecule has 7 heteroatoms. The van der Waals surface area contributed by atoms with Crippen LogP contribution in [0.4, 0.5) is 5.82 Å². The third kappa shape index (κ3) is 3.08. The topological polar surface area (TPSA) is 83.8 Å². The summed E-state index contributed by atoms with van der Waals surface area (Å²) in [6.07, 6.45) is 0. The van der Waals surface area contributed by atoms with Crippen LogP contribution in [0.2, 0.25) is 0 Å². The van der Waals surface area contributed by atoms with Gasteiger partial charge in [0.05, 0.1) is 16.3 Å². The van der Waals surface area contributed by atoms with Crippen molar-refractivity contribution in [2.24, 2.45) is 0 Å². The van der Waals surface area contributed by atoms with E-state index in [-0.39, 0.29) is 11.2 Å². The lowest BCUT2D eigenvalue weighted by Gasteiger charge is -2.07. The fraction of sp³-hybridized carbons (Fsp3) is 0.214. The Morgan fingerprint density at radius 1 is 1.43 bits per heavy atom. The molecule has 0 aliphatic carbocycles. The van der Waals surface area contributed by atoms with E-state index in [9.17, 15) is 4.79 Å². The summed E-state index contributed by atoms with van der Waals surface area (Å²) in [5.74, 6) is 0.936. The molecule has 0 radical (unpaired) electrons. The summed E-state index contributed by atoms with van der Waals surface area (Å²) in [4.78, 5) is 19.7. The molecule has 3 rings (SSSR count). The molecule has 108 valence electrons. The average molecular weight is 302 g/mol. The van der Waals surface area contributed by atoms with Crippen molar-refractivity contribution in [3.05, 3.63) is 36.1 Å².